The number of hydrogen-bond donors (Lipinski definition) is 0. The highest BCUT2D eigenvalue weighted by Crippen LogP contribution is 2.36. The molecule has 1 heterocycles. The van der Waals surface area contributed by atoms with Gasteiger partial charge in [-0.05, 0) is 27.7 Å². The maximum absolute atomic E-state index is 5.45. The maximum atomic E-state index is 5.45. The largest absolute Gasteiger partial charge is 0.550 e. The van der Waals surface area contributed by atoms with E-state index in [1.165, 1.54) is 0 Å². The molecule has 1 aliphatic rings. The normalized spacial score (nSPS) is 26.6. The molecule has 0 aromatic heterocycles. The molecule has 1 aliphatic heterocycles. The van der Waals surface area contributed by atoms with Crippen LogP contribution in [0, 0.1) is 12.2 Å². The van der Waals surface area contributed by atoms with E-state index >= 15 is 0 Å². The molecule has 11 heavy (non-hydrogen) atoms. The molecule has 3 heteroatoms. The first kappa shape index (κ1) is 8.64. The van der Waals surface area contributed by atoms with Gasteiger partial charge in [0.1, 0.15) is 0 Å². The minimum atomic E-state index is -0.486. The summed E-state index contributed by atoms with van der Waals surface area (Å²) in [6.07, 6.45) is 5.18. The lowest BCUT2D eigenvalue weighted by atomic mass is 9.90. The van der Waals surface area contributed by atoms with E-state index in [1.54, 1.807) is 0 Å². The fourth-order valence-electron chi connectivity index (χ4n) is 0.911. The molecule has 0 aliphatic carbocycles. The monoisotopic (exact) mass is 152 g/mol. The summed E-state index contributed by atoms with van der Waals surface area (Å²) in [4.78, 5) is 0. The van der Waals surface area contributed by atoms with Gasteiger partial charge < -0.3 is 9.31 Å². The Balaban J connectivity index is 2.82. The molecular formula is C8H13BO2. The smallest absolute Gasteiger partial charge is 0.392 e. The Morgan fingerprint density at radius 3 is 1.64 bits per heavy atom. The van der Waals surface area contributed by atoms with E-state index in [2.05, 4.69) is 5.82 Å². The Hall–Kier alpha value is -0.455. The van der Waals surface area contributed by atoms with E-state index in [0.29, 0.717) is 0 Å². The molecule has 0 aromatic rings. The van der Waals surface area contributed by atoms with Crippen molar-refractivity contribution in [1.29, 1.82) is 0 Å². The van der Waals surface area contributed by atoms with Gasteiger partial charge in [0.25, 0.3) is 0 Å². The molecule has 2 nitrogen and oxygen atoms in total. The molecule has 0 bridgehead atoms. The third-order valence-corrected chi connectivity index (χ3v) is 2.39. The van der Waals surface area contributed by atoms with E-state index < -0.39 is 7.12 Å². The highest BCUT2D eigenvalue weighted by Gasteiger charge is 2.50. The molecule has 1 rings (SSSR count). The average molecular weight is 152 g/mol. The zero-order valence-corrected chi connectivity index (χ0v) is 7.47. The SMILES string of the molecule is C#CB1OC(C)(C)C(C)(C)O1. The third-order valence-electron chi connectivity index (χ3n) is 2.39. The Bertz CT molecular complexity index is 187. The van der Waals surface area contributed by atoms with Crippen LogP contribution in [-0.4, -0.2) is 18.3 Å². The highest BCUT2D eigenvalue weighted by atomic mass is 16.7. The molecule has 0 aromatic carbocycles. The van der Waals surface area contributed by atoms with Crippen LogP contribution >= 0.6 is 0 Å². The summed E-state index contributed by atoms with van der Waals surface area (Å²) in [6.45, 7) is 7.91. The Morgan fingerprint density at radius 1 is 1.09 bits per heavy atom. The minimum absolute atomic E-state index is 0.302. The highest BCUT2D eigenvalue weighted by molar-refractivity contribution is 6.55. The van der Waals surface area contributed by atoms with Gasteiger partial charge in [-0.15, -0.1) is 6.42 Å². The summed E-state index contributed by atoms with van der Waals surface area (Å²) in [6, 6.07) is 0. The van der Waals surface area contributed by atoms with Crippen LogP contribution in [0.5, 0.6) is 0 Å². The maximum Gasteiger partial charge on any atom is 0.550 e. The van der Waals surface area contributed by atoms with E-state index in [-0.39, 0.29) is 11.2 Å². The van der Waals surface area contributed by atoms with Crippen molar-refractivity contribution in [2.45, 2.75) is 38.9 Å². The summed E-state index contributed by atoms with van der Waals surface area (Å²) in [5.74, 6) is 2.43. The molecular weight excluding hydrogens is 139 g/mol. The van der Waals surface area contributed by atoms with E-state index in [9.17, 15) is 0 Å². The van der Waals surface area contributed by atoms with Gasteiger partial charge in [0.05, 0.1) is 11.2 Å². The summed E-state index contributed by atoms with van der Waals surface area (Å²) >= 11 is 0. The Kier molecular flexibility index (Phi) is 1.78. The van der Waals surface area contributed by atoms with E-state index in [0.717, 1.165) is 0 Å². The standard InChI is InChI=1S/C8H13BO2/c1-6-9-10-7(2,3)8(4,5)11-9/h1H,2-5H3. The summed E-state index contributed by atoms with van der Waals surface area (Å²) < 4.78 is 10.9. The molecule has 1 saturated heterocycles. The molecule has 0 unspecified atom stereocenters. The van der Waals surface area contributed by atoms with Crippen molar-refractivity contribution in [3.63, 3.8) is 0 Å². The first-order chi connectivity index (χ1) is 4.89. The first-order valence-electron chi connectivity index (χ1n) is 3.71. The van der Waals surface area contributed by atoms with E-state index in [4.69, 9.17) is 15.7 Å². The van der Waals surface area contributed by atoms with Gasteiger partial charge in [0.15, 0.2) is 0 Å². The van der Waals surface area contributed by atoms with Gasteiger partial charge >= 0.3 is 7.12 Å². The van der Waals surface area contributed by atoms with Crippen molar-refractivity contribution in [3.8, 4) is 12.2 Å². The predicted octanol–water partition coefficient (Wildman–Crippen LogP) is 1.25. The summed E-state index contributed by atoms with van der Waals surface area (Å²) in [5.41, 5.74) is -0.603. The molecule has 0 N–H and O–H groups in total. The van der Waals surface area contributed by atoms with Crippen molar-refractivity contribution >= 4 is 7.12 Å². The van der Waals surface area contributed by atoms with Gasteiger partial charge in [0, 0.05) is 0 Å². The second kappa shape index (κ2) is 2.26. The lowest BCUT2D eigenvalue weighted by Crippen LogP contribution is -2.41. The van der Waals surface area contributed by atoms with Crippen molar-refractivity contribution in [3.05, 3.63) is 0 Å². The average Bonchev–Trinajstić information content (AvgIpc) is 2.03. The Labute approximate surface area is 68.4 Å². The zero-order chi connectivity index (χ0) is 8.70. The van der Waals surface area contributed by atoms with Gasteiger partial charge in [-0.1, -0.05) is 5.82 Å². The predicted molar refractivity (Wildman–Crippen MR) is 44.9 cm³/mol. The zero-order valence-electron chi connectivity index (χ0n) is 7.47. The van der Waals surface area contributed by atoms with Crippen LogP contribution in [0.3, 0.4) is 0 Å². The van der Waals surface area contributed by atoms with Crippen molar-refractivity contribution < 1.29 is 9.31 Å². The lowest BCUT2D eigenvalue weighted by molar-refractivity contribution is 0.00578. The molecule has 0 radical (unpaired) electrons. The fraction of sp³-hybridized carbons (Fsp3) is 0.750. The van der Waals surface area contributed by atoms with Crippen molar-refractivity contribution in [2.24, 2.45) is 0 Å². The number of hydrogen-bond acceptors (Lipinski definition) is 2. The third kappa shape index (κ3) is 1.29. The summed E-state index contributed by atoms with van der Waals surface area (Å²) in [5, 5.41) is 0. The van der Waals surface area contributed by atoms with Crippen LogP contribution in [0.15, 0.2) is 0 Å². The van der Waals surface area contributed by atoms with Crippen molar-refractivity contribution in [1.82, 2.24) is 0 Å². The molecule has 0 atom stereocenters. The van der Waals surface area contributed by atoms with Crippen LogP contribution < -0.4 is 0 Å². The van der Waals surface area contributed by atoms with Gasteiger partial charge in [-0.2, -0.15) is 0 Å². The van der Waals surface area contributed by atoms with E-state index in [1.807, 2.05) is 27.7 Å². The number of rotatable bonds is 0. The molecule has 0 amide bonds. The summed E-state index contributed by atoms with van der Waals surface area (Å²) in [7, 11) is -0.486. The molecule has 0 saturated carbocycles. The quantitative estimate of drug-likeness (QED) is 0.384. The molecule has 60 valence electrons. The molecule has 0 spiro atoms. The van der Waals surface area contributed by atoms with Gasteiger partial charge in [-0.3, -0.25) is 0 Å². The first-order valence-corrected chi connectivity index (χ1v) is 3.71. The molecule has 1 fully saturated rings. The van der Waals surface area contributed by atoms with Crippen LogP contribution in [0.1, 0.15) is 27.7 Å². The fourth-order valence-corrected chi connectivity index (χ4v) is 0.911. The Morgan fingerprint density at radius 2 is 1.45 bits per heavy atom. The van der Waals surface area contributed by atoms with Gasteiger partial charge in [0.2, 0.25) is 0 Å². The van der Waals surface area contributed by atoms with Crippen LogP contribution in [0.25, 0.3) is 0 Å². The van der Waals surface area contributed by atoms with Crippen LogP contribution in [0.4, 0.5) is 0 Å². The van der Waals surface area contributed by atoms with Gasteiger partial charge in [-0.25, -0.2) is 0 Å². The lowest BCUT2D eigenvalue weighted by Gasteiger charge is -2.32. The van der Waals surface area contributed by atoms with Crippen LogP contribution in [0.2, 0.25) is 0 Å². The minimum Gasteiger partial charge on any atom is -0.392 e. The second-order valence-corrected chi connectivity index (χ2v) is 3.75. The topological polar surface area (TPSA) is 18.5 Å². The van der Waals surface area contributed by atoms with Crippen LogP contribution in [-0.2, 0) is 9.31 Å². The van der Waals surface area contributed by atoms with Crippen molar-refractivity contribution in [2.75, 3.05) is 0 Å². The number of terminal acetylenes is 1. The second-order valence-electron chi connectivity index (χ2n) is 3.75.